The molecule has 0 radical (unpaired) electrons. The zero-order valence-corrected chi connectivity index (χ0v) is 12.2. The lowest BCUT2D eigenvalue weighted by Crippen LogP contribution is -2.22. The van der Waals surface area contributed by atoms with E-state index in [0.29, 0.717) is 13.0 Å². The number of halogens is 4. The second kappa shape index (κ2) is 7.87. The summed E-state index contributed by atoms with van der Waals surface area (Å²) in [5.74, 6) is 0. The molecule has 1 atom stereocenters. The summed E-state index contributed by atoms with van der Waals surface area (Å²) in [6.45, 7) is 1.57. The van der Waals surface area contributed by atoms with Crippen LogP contribution >= 0.6 is 15.9 Å². The van der Waals surface area contributed by atoms with Crippen molar-refractivity contribution in [3.05, 3.63) is 34.3 Å². The largest absolute Gasteiger partial charge is 0.411 e. The van der Waals surface area contributed by atoms with Gasteiger partial charge in [-0.15, -0.1) is 0 Å². The van der Waals surface area contributed by atoms with E-state index in [9.17, 15) is 13.2 Å². The molecule has 6 heteroatoms. The molecule has 2 nitrogen and oxygen atoms in total. The van der Waals surface area contributed by atoms with Gasteiger partial charge in [-0.1, -0.05) is 28.1 Å². The van der Waals surface area contributed by atoms with Gasteiger partial charge < -0.3 is 10.1 Å². The van der Waals surface area contributed by atoms with Crippen LogP contribution in [0.1, 0.15) is 24.9 Å². The molecule has 0 saturated carbocycles. The molecule has 1 aromatic rings. The summed E-state index contributed by atoms with van der Waals surface area (Å²) in [5.41, 5.74) is 1.13. The van der Waals surface area contributed by atoms with Crippen LogP contribution in [0.15, 0.2) is 28.7 Å². The Labute approximate surface area is 119 Å². The van der Waals surface area contributed by atoms with E-state index in [1.807, 2.05) is 31.2 Å². The zero-order valence-electron chi connectivity index (χ0n) is 10.6. The van der Waals surface area contributed by atoms with Gasteiger partial charge in [0.05, 0.1) is 0 Å². The number of hydrogen-bond acceptors (Lipinski definition) is 2. The minimum Gasteiger partial charge on any atom is -0.372 e. The minimum absolute atomic E-state index is 0.109. The number of rotatable bonds is 7. The highest BCUT2D eigenvalue weighted by Crippen LogP contribution is 2.17. The van der Waals surface area contributed by atoms with Crippen molar-refractivity contribution in [2.24, 2.45) is 0 Å². The fraction of sp³-hybridized carbons (Fsp3) is 0.538. The summed E-state index contributed by atoms with van der Waals surface area (Å²) in [7, 11) is 0. The maximum atomic E-state index is 11.8. The number of hydrogen-bond donors (Lipinski definition) is 1. The van der Waals surface area contributed by atoms with Gasteiger partial charge in [0.2, 0.25) is 0 Å². The quantitative estimate of drug-likeness (QED) is 0.756. The molecule has 0 fully saturated rings. The van der Waals surface area contributed by atoms with E-state index in [1.54, 1.807) is 0 Å². The Hall–Kier alpha value is -0.590. The average Bonchev–Trinajstić information content (AvgIpc) is 2.32. The fourth-order valence-corrected chi connectivity index (χ4v) is 1.99. The smallest absolute Gasteiger partial charge is 0.372 e. The topological polar surface area (TPSA) is 21.3 Å². The molecule has 0 aliphatic rings. The van der Waals surface area contributed by atoms with E-state index in [-0.39, 0.29) is 12.6 Å². The highest BCUT2D eigenvalue weighted by atomic mass is 79.9. The van der Waals surface area contributed by atoms with Gasteiger partial charge in [0, 0.05) is 17.1 Å². The van der Waals surface area contributed by atoms with E-state index in [4.69, 9.17) is 0 Å². The van der Waals surface area contributed by atoms with Crippen LogP contribution in [0.3, 0.4) is 0 Å². The van der Waals surface area contributed by atoms with Gasteiger partial charge >= 0.3 is 6.18 Å². The molecule has 0 aliphatic carbocycles. The number of nitrogens with one attached hydrogen (secondary N) is 1. The molecule has 0 saturated heterocycles. The summed E-state index contributed by atoms with van der Waals surface area (Å²) in [5, 5.41) is 3.24. The van der Waals surface area contributed by atoms with Crippen LogP contribution in [-0.2, 0) is 4.74 Å². The van der Waals surface area contributed by atoms with E-state index < -0.39 is 12.8 Å². The Balaban J connectivity index is 2.16. The van der Waals surface area contributed by atoms with Crippen molar-refractivity contribution in [1.29, 1.82) is 0 Å². The second-order valence-electron chi connectivity index (χ2n) is 4.25. The van der Waals surface area contributed by atoms with E-state index in [0.717, 1.165) is 10.0 Å². The van der Waals surface area contributed by atoms with Crippen LogP contribution < -0.4 is 5.32 Å². The highest BCUT2D eigenvalue weighted by Gasteiger charge is 2.27. The number of alkyl halides is 3. The van der Waals surface area contributed by atoms with Gasteiger partial charge in [0.15, 0.2) is 0 Å². The third-order valence-corrected chi connectivity index (χ3v) is 3.02. The lowest BCUT2D eigenvalue weighted by atomic mass is 10.1. The molecule has 19 heavy (non-hydrogen) atoms. The summed E-state index contributed by atoms with van der Waals surface area (Å²) in [6, 6.07) is 8.06. The molecule has 0 aliphatic heterocycles. The van der Waals surface area contributed by atoms with Gasteiger partial charge in [-0.3, -0.25) is 0 Å². The molecule has 0 heterocycles. The molecule has 1 aromatic carbocycles. The predicted molar refractivity (Wildman–Crippen MR) is 72.1 cm³/mol. The van der Waals surface area contributed by atoms with Crippen molar-refractivity contribution in [2.75, 3.05) is 19.8 Å². The van der Waals surface area contributed by atoms with Crippen LogP contribution in [0.25, 0.3) is 0 Å². The first kappa shape index (κ1) is 16.5. The Morgan fingerprint density at radius 1 is 1.37 bits per heavy atom. The van der Waals surface area contributed by atoms with Crippen molar-refractivity contribution in [3.8, 4) is 0 Å². The molecule has 0 spiro atoms. The van der Waals surface area contributed by atoms with Gasteiger partial charge in [0.25, 0.3) is 0 Å². The Morgan fingerprint density at radius 3 is 2.74 bits per heavy atom. The third kappa shape index (κ3) is 7.54. The van der Waals surface area contributed by atoms with Crippen molar-refractivity contribution in [2.45, 2.75) is 25.6 Å². The van der Waals surface area contributed by atoms with Gasteiger partial charge in [-0.05, 0) is 37.6 Å². The van der Waals surface area contributed by atoms with Crippen molar-refractivity contribution in [1.82, 2.24) is 5.32 Å². The zero-order chi connectivity index (χ0) is 14.3. The highest BCUT2D eigenvalue weighted by molar-refractivity contribution is 9.10. The van der Waals surface area contributed by atoms with Crippen molar-refractivity contribution in [3.63, 3.8) is 0 Å². The van der Waals surface area contributed by atoms with Crippen LogP contribution in [0.5, 0.6) is 0 Å². The monoisotopic (exact) mass is 339 g/mol. The minimum atomic E-state index is -4.24. The molecular weight excluding hydrogens is 323 g/mol. The Morgan fingerprint density at radius 2 is 2.11 bits per heavy atom. The second-order valence-corrected chi connectivity index (χ2v) is 5.17. The van der Waals surface area contributed by atoms with Crippen LogP contribution in [0, 0.1) is 0 Å². The third-order valence-electron chi connectivity index (χ3n) is 2.53. The molecule has 1 rings (SSSR count). The van der Waals surface area contributed by atoms with Crippen molar-refractivity contribution < 1.29 is 17.9 Å². The first-order valence-electron chi connectivity index (χ1n) is 6.02. The van der Waals surface area contributed by atoms with E-state index in [2.05, 4.69) is 26.0 Å². The molecule has 0 amide bonds. The SMILES string of the molecule is C[C@H](NCCCOCC(F)(F)F)c1cccc(Br)c1. The van der Waals surface area contributed by atoms with Gasteiger partial charge in [-0.25, -0.2) is 0 Å². The molecule has 0 unspecified atom stereocenters. The maximum absolute atomic E-state index is 11.8. The Kier molecular flexibility index (Phi) is 6.82. The molecular formula is C13H17BrF3NO. The molecule has 108 valence electrons. The van der Waals surface area contributed by atoms with E-state index in [1.165, 1.54) is 0 Å². The summed E-state index contributed by atoms with van der Waals surface area (Å²) in [6.07, 6.45) is -3.69. The summed E-state index contributed by atoms with van der Waals surface area (Å²) >= 11 is 3.40. The fourth-order valence-electron chi connectivity index (χ4n) is 1.57. The maximum Gasteiger partial charge on any atom is 0.411 e. The standard InChI is InChI=1S/C13H17BrF3NO/c1-10(11-4-2-5-12(14)8-11)18-6-3-7-19-9-13(15,16)17/h2,4-5,8,10,18H,3,6-7,9H2,1H3/t10-/m0/s1. The normalized spacial score (nSPS) is 13.5. The van der Waals surface area contributed by atoms with Crippen LogP contribution in [0.2, 0.25) is 0 Å². The average molecular weight is 340 g/mol. The summed E-state index contributed by atoms with van der Waals surface area (Å²) < 4.78 is 41.0. The summed E-state index contributed by atoms with van der Waals surface area (Å²) in [4.78, 5) is 0. The van der Waals surface area contributed by atoms with Crippen LogP contribution in [0.4, 0.5) is 13.2 Å². The first-order chi connectivity index (χ1) is 8.88. The number of ether oxygens (including phenoxy) is 1. The molecule has 0 aromatic heterocycles. The number of benzene rings is 1. The predicted octanol–water partition coefficient (Wildman–Crippen LogP) is 4.07. The van der Waals surface area contributed by atoms with Gasteiger partial charge in [-0.2, -0.15) is 13.2 Å². The molecule has 1 N–H and O–H groups in total. The first-order valence-corrected chi connectivity index (χ1v) is 6.81. The Bertz CT molecular complexity index is 384. The lowest BCUT2D eigenvalue weighted by Gasteiger charge is -2.14. The van der Waals surface area contributed by atoms with Crippen molar-refractivity contribution >= 4 is 15.9 Å². The molecule has 0 bridgehead atoms. The van der Waals surface area contributed by atoms with Gasteiger partial charge in [0.1, 0.15) is 6.61 Å². The van der Waals surface area contributed by atoms with E-state index >= 15 is 0 Å². The van der Waals surface area contributed by atoms with Crippen LogP contribution in [-0.4, -0.2) is 25.9 Å². The lowest BCUT2D eigenvalue weighted by molar-refractivity contribution is -0.173.